The van der Waals surface area contributed by atoms with Gasteiger partial charge in [-0.3, -0.25) is 0 Å². The fraction of sp³-hybridized carbons (Fsp3) is 0.412. The Morgan fingerprint density at radius 1 is 1.05 bits per heavy atom. The molecule has 2 atom stereocenters. The minimum Gasteiger partial charge on any atom is -0.208 e. The lowest BCUT2D eigenvalue weighted by Gasteiger charge is -2.29. The van der Waals surface area contributed by atoms with E-state index in [9.17, 15) is 8.42 Å². The molecule has 2 aromatic rings. The zero-order valence-electron chi connectivity index (χ0n) is 12.5. The number of halogens is 1. The summed E-state index contributed by atoms with van der Waals surface area (Å²) in [5, 5.41) is 1.68. The first kappa shape index (κ1) is 16.0. The molecule has 1 saturated carbocycles. The van der Waals surface area contributed by atoms with Crippen LogP contribution in [0, 0.1) is 5.92 Å². The fourth-order valence-electron chi connectivity index (χ4n) is 3.22. The standard InChI is InChI=1S/C17H20BrNO2S/c1-12-6-2-5-9-16(12)19-22(20,21)17-11-10-15(18)13-7-3-4-8-14(13)17/h3-4,7-8,10-12,16,19H,2,5-6,9H2,1H3. The smallest absolute Gasteiger partial charge is 0.208 e. The van der Waals surface area contributed by atoms with E-state index in [1.165, 1.54) is 6.42 Å². The van der Waals surface area contributed by atoms with Crippen molar-refractivity contribution in [2.75, 3.05) is 0 Å². The van der Waals surface area contributed by atoms with Crippen LogP contribution >= 0.6 is 15.9 Å². The Balaban J connectivity index is 2.01. The summed E-state index contributed by atoms with van der Waals surface area (Å²) in [5.41, 5.74) is 0. The van der Waals surface area contributed by atoms with Crippen molar-refractivity contribution in [3.8, 4) is 0 Å². The molecule has 0 saturated heterocycles. The molecular weight excluding hydrogens is 362 g/mol. The minimum atomic E-state index is -3.51. The first-order chi connectivity index (χ1) is 10.5. The van der Waals surface area contributed by atoms with E-state index in [1.54, 1.807) is 12.1 Å². The van der Waals surface area contributed by atoms with Crippen molar-refractivity contribution >= 4 is 36.7 Å². The highest BCUT2D eigenvalue weighted by molar-refractivity contribution is 9.10. The molecule has 0 radical (unpaired) electrons. The van der Waals surface area contributed by atoms with E-state index in [1.807, 2.05) is 24.3 Å². The van der Waals surface area contributed by atoms with Crippen molar-refractivity contribution in [2.45, 2.75) is 43.5 Å². The highest BCUT2D eigenvalue weighted by Gasteiger charge is 2.27. The van der Waals surface area contributed by atoms with E-state index >= 15 is 0 Å². The summed E-state index contributed by atoms with van der Waals surface area (Å²) < 4.78 is 29.5. The van der Waals surface area contributed by atoms with Gasteiger partial charge in [0.2, 0.25) is 10.0 Å². The lowest BCUT2D eigenvalue weighted by atomic mass is 9.87. The number of hydrogen-bond acceptors (Lipinski definition) is 2. The topological polar surface area (TPSA) is 46.2 Å². The van der Waals surface area contributed by atoms with Gasteiger partial charge in [0.05, 0.1) is 4.90 Å². The molecule has 2 aromatic carbocycles. The molecule has 0 heterocycles. The number of fused-ring (bicyclic) bond motifs is 1. The van der Waals surface area contributed by atoms with E-state index in [2.05, 4.69) is 27.6 Å². The van der Waals surface area contributed by atoms with Crippen LogP contribution in [0.15, 0.2) is 45.8 Å². The minimum absolute atomic E-state index is 0.0427. The number of nitrogens with one attached hydrogen (secondary N) is 1. The summed E-state index contributed by atoms with van der Waals surface area (Å²) in [6.45, 7) is 2.13. The van der Waals surface area contributed by atoms with E-state index in [0.717, 1.165) is 34.5 Å². The summed E-state index contributed by atoms with van der Waals surface area (Å²) in [6, 6.07) is 11.1. The van der Waals surface area contributed by atoms with Gasteiger partial charge in [-0.05, 0) is 36.3 Å². The van der Waals surface area contributed by atoms with Crippen molar-refractivity contribution in [2.24, 2.45) is 5.92 Å². The van der Waals surface area contributed by atoms with Crippen LogP contribution in [0.25, 0.3) is 10.8 Å². The van der Waals surface area contributed by atoms with Gasteiger partial charge in [-0.25, -0.2) is 13.1 Å². The van der Waals surface area contributed by atoms with Crippen LogP contribution in [0.1, 0.15) is 32.6 Å². The summed E-state index contributed by atoms with van der Waals surface area (Å²) in [4.78, 5) is 0.365. The summed E-state index contributed by atoms with van der Waals surface area (Å²) in [5.74, 6) is 0.394. The third kappa shape index (κ3) is 3.07. The second-order valence-electron chi connectivity index (χ2n) is 6.08. The lowest BCUT2D eigenvalue weighted by Crippen LogP contribution is -2.41. The first-order valence-corrected chi connectivity index (χ1v) is 9.96. The van der Waals surface area contributed by atoms with Gasteiger partial charge in [0.25, 0.3) is 0 Å². The summed E-state index contributed by atoms with van der Waals surface area (Å²) in [6.07, 6.45) is 4.31. The first-order valence-electron chi connectivity index (χ1n) is 7.68. The quantitative estimate of drug-likeness (QED) is 0.852. The van der Waals surface area contributed by atoms with Crippen molar-refractivity contribution < 1.29 is 8.42 Å². The Labute approximate surface area is 140 Å². The molecule has 0 spiro atoms. The van der Waals surface area contributed by atoms with Crippen LogP contribution in [0.4, 0.5) is 0 Å². The average Bonchev–Trinajstić information content (AvgIpc) is 2.50. The van der Waals surface area contributed by atoms with Crippen LogP contribution in [-0.4, -0.2) is 14.5 Å². The Morgan fingerprint density at radius 3 is 2.45 bits per heavy atom. The van der Waals surface area contributed by atoms with Gasteiger partial charge >= 0.3 is 0 Å². The Bertz CT molecular complexity index is 788. The molecule has 3 rings (SSSR count). The third-order valence-corrected chi connectivity index (χ3v) is 6.78. The van der Waals surface area contributed by atoms with Gasteiger partial charge in [-0.2, -0.15) is 0 Å². The summed E-state index contributed by atoms with van der Waals surface area (Å²) >= 11 is 3.49. The molecule has 5 heteroatoms. The molecule has 1 fully saturated rings. The molecule has 0 bridgehead atoms. The predicted molar refractivity (Wildman–Crippen MR) is 93.4 cm³/mol. The van der Waals surface area contributed by atoms with Crippen LogP contribution in [0.2, 0.25) is 0 Å². The van der Waals surface area contributed by atoms with E-state index in [-0.39, 0.29) is 6.04 Å². The van der Waals surface area contributed by atoms with E-state index < -0.39 is 10.0 Å². The molecule has 3 nitrogen and oxygen atoms in total. The van der Waals surface area contributed by atoms with Crippen LogP contribution < -0.4 is 4.72 Å². The number of rotatable bonds is 3. The van der Waals surface area contributed by atoms with Gasteiger partial charge in [0.1, 0.15) is 0 Å². The molecule has 1 N–H and O–H groups in total. The Kier molecular flexibility index (Phi) is 4.57. The zero-order chi connectivity index (χ0) is 15.7. The van der Waals surface area contributed by atoms with Gasteiger partial charge in [0.15, 0.2) is 0 Å². The van der Waals surface area contributed by atoms with Crippen LogP contribution in [-0.2, 0) is 10.0 Å². The number of hydrogen-bond donors (Lipinski definition) is 1. The average molecular weight is 382 g/mol. The van der Waals surface area contributed by atoms with Crippen LogP contribution in [0.3, 0.4) is 0 Å². The predicted octanol–water partition coefficient (Wildman–Crippen LogP) is 4.46. The Hall–Kier alpha value is -0.910. The van der Waals surface area contributed by atoms with E-state index in [0.29, 0.717) is 10.8 Å². The number of sulfonamides is 1. The van der Waals surface area contributed by atoms with Crippen molar-refractivity contribution in [1.29, 1.82) is 0 Å². The van der Waals surface area contributed by atoms with E-state index in [4.69, 9.17) is 0 Å². The fourth-order valence-corrected chi connectivity index (χ4v) is 5.29. The van der Waals surface area contributed by atoms with Gasteiger partial charge in [-0.15, -0.1) is 0 Å². The molecule has 0 aromatic heterocycles. The van der Waals surface area contributed by atoms with Gasteiger partial charge in [0, 0.05) is 15.9 Å². The molecule has 1 aliphatic rings. The van der Waals surface area contributed by atoms with Crippen molar-refractivity contribution in [3.63, 3.8) is 0 Å². The maximum Gasteiger partial charge on any atom is 0.241 e. The lowest BCUT2D eigenvalue weighted by molar-refractivity contribution is 0.310. The normalized spacial score (nSPS) is 22.8. The van der Waals surface area contributed by atoms with Crippen molar-refractivity contribution in [3.05, 3.63) is 40.9 Å². The maximum absolute atomic E-state index is 12.8. The largest absolute Gasteiger partial charge is 0.241 e. The van der Waals surface area contributed by atoms with Crippen LogP contribution in [0.5, 0.6) is 0 Å². The maximum atomic E-state index is 12.8. The third-order valence-electron chi connectivity index (χ3n) is 4.54. The zero-order valence-corrected chi connectivity index (χ0v) is 15.0. The van der Waals surface area contributed by atoms with Gasteiger partial charge < -0.3 is 0 Å². The van der Waals surface area contributed by atoms with Crippen molar-refractivity contribution in [1.82, 2.24) is 4.72 Å². The second kappa shape index (κ2) is 6.30. The molecule has 1 aliphatic carbocycles. The van der Waals surface area contributed by atoms with Gasteiger partial charge in [-0.1, -0.05) is 60.0 Å². The second-order valence-corrected chi connectivity index (χ2v) is 8.62. The highest BCUT2D eigenvalue weighted by atomic mass is 79.9. The highest BCUT2D eigenvalue weighted by Crippen LogP contribution is 2.31. The molecular formula is C17H20BrNO2S. The molecule has 118 valence electrons. The SMILES string of the molecule is CC1CCCCC1NS(=O)(=O)c1ccc(Br)c2ccccc12. The molecule has 0 aliphatic heterocycles. The molecule has 2 unspecified atom stereocenters. The number of benzene rings is 2. The Morgan fingerprint density at radius 2 is 1.73 bits per heavy atom. The monoisotopic (exact) mass is 381 g/mol. The molecule has 22 heavy (non-hydrogen) atoms. The summed E-state index contributed by atoms with van der Waals surface area (Å²) in [7, 11) is -3.51. The molecule has 0 amide bonds.